The number of rotatable bonds is 5. The number of anilines is 1. The Morgan fingerprint density at radius 3 is 2.76 bits per heavy atom. The van der Waals surface area contributed by atoms with Crippen LogP contribution in [0.4, 0.5) is 5.82 Å². The summed E-state index contributed by atoms with van der Waals surface area (Å²) in [6, 6.07) is 1.54. The average molecular weight is 391 g/mol. The summed E-state index contributed by atoms with van der Waals surface area (Å²) in [6.45, 7) is 2.11. The van der Waals surface area contributed by atoms with Crippen LogP contribution in [0.2, 0.25) is 0 Å². The molecule has 2 rings (SSSR count). The number of nitrogens with one attached hydrogen (secondary N) is 1. The van der Waals surface area contributed by atoms with Gasteiger partial charge >= 0.3 is 0 Å². The van der Waals surface area contributed by atoms with E-state index < -0.39 is 10.0 Å². The molecule has 0 aliphatic carbocycles. The van der Waals surface area contributed by atoms with E-state index in [-0.39, 0.29) is 11.4 Å². The van der Waals surface area contributed by atoms with Gasteiger partial charge in [0.25, 0.3) is 0 Å². The van der Waals surface area contributed by atoms with Crippen LogP contribution < -0.4 is 5.32 Å². The molecule has 2 heterocycles. The number of nitrogens with zero attached hydrogens (tertiary/aromatic N) is 3. The highest BCUT2D eigenvalue weighted by atomic mass is 79.9. The molecule has 6 nitrogen and oxygen atoms in total. The number of hydrogen-bond acceptors (Lipinski definition) is 6. The minimum Gasteiger partial charge on any atom is -0.372 e. The third kappa shape index (κ3) is 3.60. The predicted octanol–water partition coefficient (Wildman–Crippen LogP) is 2.47. The van der Waals surface area contributed by atoms with E-state index in [1.54, 1.807) is 13.2 Å². The first kappa shape index (κ1) is 16.3. The molecule has 0 radical (unpaired) electrons. The van der Waals surface area contributed by atoms with Gasteiger partial charge in [-0.3, -0.25) is 0 Å². The van der Waals surface area contributed by atoms with Gasteiger partial charge in [0.1, 0.15) is 10.7 Å². The fraction of sp³-hybridized carbons (Fsp3) is 0.333. The van der Waals surface area contributed by atoms with Crippen molar-refractivity contribution >= 4 is 43.1 Å². The smallest absolute Gasteiger partial charge is 0.246 e. The van der Waals surface area contributed by atoms with Gasteiger partial charge in [0, 0.05) is 30.1 Å². The van der Waals surface area contributed by atoms with Crippen molar-refractivity contribution in [1.82, 2.24) is 14.3 Å². The Kier molecular flexibility index (Phi) is 4.97. The lowest BCUT2D eigenvalue weighted by molar-refractivity contribution is 0.463. The molecule has 0 spiro atoms. The number of hydrogen-bond donors (Lipinski definition) is 1. The third-order valence-corrected chi connectivity index (χ3v) is 5.87. The van der Waals surface area contributed by atoms with Crippen molar-refractivity contribution in [3.8, 4) is 0 Å². The lowest BCUT2D eigenvalue weighted by atomic mass is 10.4. The van der Waals surface area contributed by atoms with Gasteiger partial charge in [-0.1, -0.05) is 0 Å². The van der Waals surface area contributed by atoms with Crippen molar-refractivity contribution in [2.75, 3.05) is 19.4 Å². The second kappa shape index (κ2) is 6.39. The van der Waals surface area contributed by atoms with E-state index in [1.807, 2.05) is 12.3 Å². The first-order chi connectivity index (χ1) is 9.84. The second-order valence-electron chi connectivity index (χ2n) is 4.37. The predicted molar refractivity (Wildman–Crippen MR) is 87.0 cm³/mol. The summed E-state index contributed by atoms with van der Waals surface area (Å²) in [7, 11) is -0.480. The Morgan fingerprint density at radius 1 is 1.48 bits per heavy atom. The molecule has 114 valence electrons. The van der Waals surface area contributed by atoms with Crippen LogP contribution in [0.3, 0.4) is 0 Å². The van der Waals surface area contributed by atoms with Crippen LogP contribution in [0.15, 0.2) is 27.0 Å². The van der Waals surface area contributed by atoms with Gasteiger partial charge in [-0.15, -0.1) is 11.3 Å². The molecule has 0 atom stereocenters. The molecule has 1 N–H and O–H groups in total. The van der Waals surface area contributed by atoms with Gasteiger partial charge in [0.2, 0.25) is 10.0 Å². The summed E-state index contributed by atoms with van der Waals surface area (Å²) in [5, 5.41) is 5.57. The number of aromatic nitrogens is 2. The summed E-state index contributed by atoms with van der Waals surface area (Å²) in [4.78, 5) is 8.50. The molecule has 0 aliphatic heterocycles. The highest BCUT2D eigenvalue weighted by Gasteiger charge is 2.25. The molecule has 0 unspecified atom stereocenters. The highest BCUT2D eigenvalue weighted by Crippen LogP contribution is 2.26. The summed E-state index contributed by atoms with van der Waals surface area (Å²) in [5.41, 5.74) is 0.734. The lowest BCUT2D eigenvalue weighted by Gasteiger charge is -2.18. The second-order valence-corrected chi connectivity index (χ2v) is 8.36. The van der Waals surface area contributed by atoms with E-state index in [4.69, 9.17) is 0 Å². The normalized spacial score (nSPS) is 11.9. The van der Waals surface area contributed by atoms with Crippen LogP contribution in [-0.4, -0.2) is 36.8 Å². The monoisotopic (exact) mass is 390 g/mol. The quantitative estimate of drug-likeness (QED) is 0.848. The topological polar surface area (TPSA) is 75.2 Å². The minimum atomic E-state index is -3.65. The zero-order valence-corrected chi connectivity index (χ0v) is 15.0. The van der Waals surface area contributed by atoms with E-state index in [9.17, 15) is 8.42 Å². The first-order valence-electron chi connectivity index (χ1n) is 6.05. The van der Waals surface area contributed by atoms with Crippen LogP contribution in [0.5, 0.6) is 0 Å². The zero-order chi connectivity index (χ0) is 15.6. The lowest BCUT2D eigenvalue weighted by Crippen LogP contribution is -2.27. The van der Waals surface area contributed by atoms with Gasteiger partial charge in [-0.2, -0.15) is 4.31 Å². The van der Waals surface area contributed by atoms with Crippen LogP contribution in [0, 0.1) is 6.92 Å². The number of pyridine rings is 1. The average Bonchev–Trinajstić information content (AvgIpc) is 2.84. The summed E-state index contributed by atoms with van der Waals surface area (Å²) in [5.74, 6) is 0.319. The summed E-state index contributed by atoms with van der Waals surface area (Å²) < 4.78 is 27.2. The molecule has 0 aromatic carbocycles. The minimum absolute atomic E-state index is 0.133. The van der Waals surface area contributed by atoms with Crippen molar-refractivity contribution in [2.45, 2.75) is 18.4 Å². The van der Waals surface area contributed by atoms with Crippen molar-refractivity contribution in [3.05, 3.63) is 32.8 Å². The molecule has 0 amide bonds. The van der Waals surface area contributed by atoms with Gasteiger partial charge < -0.3 is 5.32 Å². The molecular weight excluding hydrogens is 376 g/mol. The van der Waals surface area contributed by atoms with Crippen molar-refractivity contribution in [2.24, 2.45) is 0 Å². The summed E-state index contributed by atoms with van der Waals surface area (Å²) >= 11 is 4.75. The number of aryl methyl sites for hydroxylation is 1. The molecule has 0 bridgehead atoms. The van der Waals surface area contributed by atoms with E-state index in [2.05, 4.69) is 31.2 Å². The molecule has 2 aromatic heterocycles. The van der Waals surface area contributed by atoms with Gasteiger partial charge in [0.15, 0.2) is 0 Å². The summed E-state index contributed by atoms with van der Waals surface area (Å²) in [6.07, 6.45) is 1.55. The SMILES string of the molecule is CNc1ncc(Br)cc1S(=O)(=O)N(C)Cc1csc(C)n1. The maximum Gasteiger partial charge on any atom is 0.246 e. The van der Waals surface area contributed by atoms with Crippen molar-refractivity contribution < 1.29 is 8.42 Å². The fourth-order valence-electron chi connectivity index (χ4n) is 1.77. The molecule has 2 aromatic rings. The van der Waals surface area contributed by atoms with Crippen LogP contribution in [0.1, 0.15) is 10.7 Å². The van der Waals surface area contributed by atoms with E-state index in [0.29, 0.717) is 10.3 Å². The van der Waals surface area contributed by atoms with Gasteiger partial charge in [-0.25, -0.2) is 18.4 Å². The number of sulfonamides is 1. The Bertz CT molecular complexity index is 745. The molecule has 0 saturated carbocycles. The maximum atomic E-state index is 12.7. The Labute approximate surface area is 136 Å². The van der Waals surface area contributed by atoms with Crippen LogP contribution in [-0.2, 0) is 16.6 Å². The number of thiazole rings is 1. The van der Waals surface area contributed by atoms with Crippen molar-refractivity contribution in [1.29, 1.82) is 0 Å². The Balaban J connectivity index is 2.35. The number of halogens is 1. The maximum absolute atomic E-state index is 12.7. The zero-order valence-electron chi connectivity index (χ0n) is 11.8. The van der Waals surface area contributed by atoms with Crippen LogP contribution >= 0.6 is 27.3 Å². The van der Waals surface area contributed by atoms with E-state index >= 15 is 0 Å². The molecule has 0 saturated heterocycles. The van der Waals surface area contributed by atoms with Gasteiger partial charge in [0.05, 0.1) is 17.2 Å². The molecular formula is C12H15BrN4O2S2. The molecule has 9 heteroatoms. The molecule has 21 heavy (non-hydrogen) atoms. The van der Waals surface area contributed by atoms with E-state index in [1.165, 1.54) is 28.8 Å². The third-order valence-electron chi connectivity index (χ3n) is 2.80. The molecule has 0 aliphatic rings. The molecule has 0 fully saturated rings. The Morgan fingerprint density at radius 2 is 2.19 bits per heavy atom. The van der Waals surface area contributed by atoms with Gasteiger partial charge in [-0.05, 0) is 28.9 Å². The fourth-order valence-corrected chi connectivity index (χ4v) is 4.17. The van der Waals surface area contributed by atoms with Crippen LogP contribution in [0.25, 0.3) is 0 Å². The Hall–Kier alpha value is -1.03. The van der Waals surface area contributed by atoms with E-state index in [0.717, 1.165) is 10.7 Å². The first-order valence-corrected chi connectivity index (χ1v) is 9.16. The standard InChI is InChI=1S/C12H15BrN4O2S2/c1-8-16-10(7-20-8)6-17(3)21(18,19)11-4-9(13)5-15-12(11)14-2/h4-5,7H,6H2,1-3H3,(H,14,15). The highest BCUT2D eigenvalue weighted by molar-refractivity contribution is 9.10. The largest absolute Gasteiger partial charge is 0.372 e. The van der Waals surface area contributed by atoms with Crippen molar-refractivity contribution in [3.63, 3.8) is 0 Å².